The van der Waals surface area contributed by atoms with Gasteiger partial charge in [-0.1, -0.05) is 51.1 Å². The van der Waals surface area contributed by atoms with Crippen LogP contribution < -0.4 is 10.1 Å². The maximum absolute atomic E-state index is 13.4. The minimum atomic E-state index is -0.202. The van der Waals surface area contributed by atoms with E-state index in [-0.39, 0.29) is 17.4 Å². The third-order valence-electron chi connectivity index (χ3n) is 5.46. The van der Waals surface area contributed by atoms with Crippen molar-refractivity contribution in [1.29, 1.82) is 0 Å². The van der Waals surface area contributed by atoms with Crippen LogP contribution in [0.5, 0.6) is 5.75 Å². The van der Waals surface area contributed by atoms with Gasteiger partial charge in [-0.25, -0.2) is 9.50 Å². The molecule has 32 heavy (non-hydrogen) atoms. The van der Waals surface area contributed by atoms with E-state index in [9.17, 15) is 4.79 Å². The number of aromatic nitrogens is 3. The fourth-order valence-corrected chi connectivity index (χ4v) is 3.51. The Labute approximate surface area is 188 Å². The van der Waals surface area contributed by atoms with Crippen LogP contribution in [0.25, 0.3) is 16.9 Å². The summed E-state index contributed by atoms with van der Waals surface area (Å²) >= 11 is 0. The van der Waals surface area contributed by atoms with Crippen molar-refractivity contribution >= 4 is 11.6 Å². The quantitative estimate of drug-likeness (QED) is 0.475. The van der Waals surface area contributed by atoms with Crippen molar-refractivity contribution in [3.63, 3.8) is 0 Å². The molecule has 0 aliphatic carbocycles. The molecule has 1 amide bonds. The van der Waals surface area contributed by atoms with Crippen LogP contribution in [0.1, 0.15) is 55.5 Å². The summed E-state index contributed by atoms with van der Waals surface area (Å²) in [5.74, 6) is 0.566. The van der Waals surface area contributed by atoms with Crippen LogP contribution in [0.2, 0.25) is 0 Å². The van der Waals surface area contributed by atoms with E-state index >= 15 is 0 Å². The number of carbonyl (C=O) groups is 1. The number of nitrogens with zero attached hydrogens (tertiary/aromatic N) is 3. The fourth-order valence-electron chi connectivity index (χ4n) is 3.51. The molecule has 4 aromatic rings. The van der Waals surface area contributed by atoms with Crippen molar-refractivity contribution in [2.24, 2.45) is 0 Å². The first-order valence-electron chi connectivity index (χ1n) is 10.7. The highest BCUT2D eigenvalue weighted by molar-refractivity contribution is 5.94. The highest BCUT2D eigenvalue weighted by Crippen LogP contribution is 2.26. The van der Waals surface area contributed by atoms with Crippen molar-refractivity contribution in [3.05, 3.63) is 83.7 Å². The molecule has 1 N–H and O–H groups in total. The predicted molar refractivity (Wildman–Crippen MR) is 126 cm³/mol. The van der Waals surface area contributed by atoms with Crippen LogP contribution in [0.4, 0.5) is 0 Å². The smallest absolute Gasteiger partial charge is 0.270 e. The number of methoxy groups -OCH3 is 1. The third-order valence-corrected chi connectivity index (χ3v) is 5.46. The fraction of sp³-hybridized carbons (Fsp3) is 0.269. The average molecular weight is 429 g/mol. The first-order chi connectivity index (χ1) is 15.3. The Morgan fingerprint density at radius 3 is 2.34 bits per heavy atom. The van der Waals surface area contributed by atoms with Gasteiger partial charge in [0.25, 0.3) is 5.91 Å². The van der Waals surface area contributed by atoms with Gasteiger partial charge >= 0.3 is 0 Å². The lowest BCUT2D eigenvalue weighted by molar-refractivity contribution is 0.0932. The van der Waals surface area contributed by atoms with Crippen LogP contribution in [0.3, 0.4) is 0 Å². The first kappa shape index (κ1) is 21.6. The Morgan fingerprint density at radius 1 is 1.03 bits per heavy atom. The van der Waals surface area contributed by atoms with Crippen molar-refractivity contribution in [1.82, 2.24) is 19.9 Å². The third kappa shape index (κ3) is 4.35. The number of carbonyl (C=O) groups excluding carboxylic acids is 1. The second kappa shape index (κ2) is 8.46. The molecule has 2 heterocycles. The molecule has 6 nitrogen and oxygen atoms in total. The van der Waals surface area contributed by atoms with Crippen LogP contribution in [0, 0.1) is 0 Å². The number of hydrogen-bond acceptors (Lipinski definition) is 4. The Bertz CT molecular complexity index is 1240. The van der Waals surface area contributed by atoms with Gasteiger partial charge in [-0.3, -0.25) is 4.79 Å². The minimum absolute atomic E-state index is 0.144. The van der Waals surface area contributed by atoms with Gasteiger partial charge in [0.15, 0.2) is 5.65 Å². The minimum Gasteiger partial charge on any atom is -0.497 e. The number of rotatable bonds is 5. The van der Waals surface area contributed by atoms with Gasteiger partial charge in [0, 0.05) is 17.0 Å². The molecular formula is C26H28N4O2. The van der Waals surface area contributed by atoms with E-state index < -0.39 is 0 Å². The molecule has 0 saturated carbocycles. The molecule has 164 valence electrons. The number of hydrogen-bond donors (Lipinski definition) is 1. The Morgan fingerprint density at radius 2 is 1.72 bits per heavy atom. The highest BCUT2D eigenvalue weighted by atomic mass is 16.5. The molecule has 0 radical (unpaired) electrons. The summed E-state index contributed by atoms with van der Waals surface area (Å²) in [6.07, 6.45) is 0. The zero-order chi connectivity index (χ0) is 22.9. The van der Waals surface area contributed by atoms with Crippen molar-refractivity contribution in [2.75, 3.05) is 7.11 Å². The van der Waals surface area contributed by atoms with Crippen LogP contribution in [-0.4, -0.2) is 27.6 Å². The molecule has 1 atom stereocenters. The van der Waals surface area contributed by atoms with E-state index in [2.05, 4.69) is 26.1 Å². The van der Waals surface area contributed by atoms with E-state index in [1.54, 1.807) is 17.7 Å². The van der Waals surface area contributed by atoms with Crippen molar-refractivity contribution < 1.29 is 9.53 Å². The summed E-state index contributed by atoms with van der Waals surface area (Å²) in [6, 6.07) is 21.1. The van der Waals surface area contributed by atoms with Gasteiger partial charge in [-0.15, -0.1) is 0 Å². The lowest BCUT2D eigenvalue weighted by Crippen LogP contribution is -2.29. The summed E-state index contributed by atoms with van der Waals surface area (Å²) in [6.45, 7) is 8.25. The molecule has 2 aromatic carbocycles. The van der Waals surface area contributed by atoms with E-state index in [4.69, 9.17) is 14.8 Å². The summed E-state index contributed by atoms with van der Waals surface area (Å²) in [5, 5.41) is 7.82. The van der Waals surface area contributed by atoms with Crippen molar-refractivity contribution in [3.8, 4) is 17.0 Å². The number of ether oxygens (including phenoxy) is 1. The number of nitrogens with one attached hydrogen (secondary N) is 1. The molecule has 4 rings (SSSR count). The van der Waals surface area contributed by atoms with Gasteiger partial charge in [-0.05, 0) is 42.8 Å². The Kier molecular flexibility index (Phi) is 5.70. The van der Waals surface area contributed by atoms with E-state index in [0.717, 1.165) is 22.6 Å². The van der Waals surface area contributed by atoms with Crippen molar-refractivity contribution in [2.45, 2.75) is 39.2 Å². The summed E-state index contributed by atoms with van der Waals surface area (Å²) in [4.78, 5) is 18.2. The molecule has 0 aliphatic rings. The van der Waals surface area contributed by atoms with Crippen LogP contribution in [-0.2, 0) is 5.41 Å². The second-order valence-electron chi connectivity index (χ2n) is 8.91. The molecule has 0 fully saturated rings. The average Bonchev–Trinajstić information content (AvgIpc) is 3.24. The first-order valence-corrected chi connectivity index (χ1v) is 10.7. The molecule has 0 bridgehead atoms. The molecular weight excluding hydrogens is 400 g/mol. The largest absolute Gasteiger partial charge is 0.497 e. The molecule has 2 aromatic heterocycles. The van der Waals surface area contributed by atoms with Gasteiger partial charge in [0.05, 0.1) is 24.5 Å². The maximum Gasteiger partial charge on any atom is 0.270 e. The maximum atomic E-state index is 13.4. The van der Waals surface area contributed by atoms with E-state index in [0.29, 0.717) is 17.0 Å². The Balaban J connectivity index is 1.79. The normalized spacial score (nSPS) is 12.5. The molecule has 6 heteroatoms. The van der Waals surface area contributed by atoms with E-state index in [1.165, 1.54) is 0 Å². The zero-order valence-corrected chi connectivity index (χ0v) is 19.1. The number of benzene rings is 2. The van der Waals surface area contributed by atoms with Crippen LogP contribution in [0.15, 0.2) is 66.7 Å². The highest BCUT2D eigenvalue weighted by Gasteiger charge is 2.23. The van der Waals surface area contributed by atoms with Gasteiger partial charge < -0.3 is 10.1 Å². The SMILES string of the molecule is COc1ccc(-c2cc(C(=O)NC(C)c3ccccc3)n3nc(C(C)(C)C)cc3n2)cc1. The van der Waals surface area contributed by atoms with Crippen LogP contribution >= 0.6 is 0 Å². The lowest BCUT2D eigenvalue weighted by atomic mass is 9.93. The topological polar surface area (TPSA) is 68.5 Å². The van der Waals surface area contributed by atoms with Gasteiger partial charge in [-0.2, -0.15) is 5.10 Å². The van der Waals surface area contributed by atoms with Gasteiger partial charge in [0.1, 0.15) is 11.4 Å². The molecule has 0 aliphatic heterocycles. The molecule has 1 unspecified atom stereocenters. The number of amides is 1. The summed E-state index contributed by atoms with van der Waals surface area (Å²) < 4.78 is 6.90. The Hall–Kier alpha value is -3.67. The second-order valence-corrected chi connectivity index (χ2v) is 8.91. The van der Waals surface area contributed by atoms with Gasteiger partial charge in [0.2, 0.25) is 0 Å². The molecule has 0 spiro atoms. The van der Waals surface area contributed by atoms with E-state index in [1.807, 2.05) is 67.6 Å². The molecule has 0 saturated heterocycles. The summed E-state index contributed by atoms with van der Waals surface area (Å²) in [5.41, 5.74) is 4.44. The zero-order valence-electron chi connectivity index (χ0n) is 19.1. The monoisotopic (exact) mass is 428 g/mol. The predicted octanol–water partition coefficient (Wildman–Crippen LogP) is 5.19. The summed E-state index contributed by atoms with van der Waals surface area (Å²) in [7, 11) is 1.63. The standard InChI is InChI=1S/C26H28N4O2/c1-17(18-9-7-6-8-10-18)27-25(31)22-15-21(19-11-13-20(32-5)14-12-19)28-24-16-23(26(2,3)4)29-30(22)24/h6-17H,1-5H3,(H,27,31). The number of fused-ring (bicyclic) bond motifs is 1. The lowest BCUT2D eigenvalue weighted by Gasteiger charge is -2.16.